The fourth-order valence-corrected chi connectivity index (χ4v) is 2.53. The highest BCUT2D eigenvalue weighted by Crippen LogP contribution is 2.30. The van der Waals surface area contributed by atoms with E-state index in [4.69, 9.17) is 4.74 Å². The first-order chi connectivity index (χ1) is 9.85. The summed E-state index contributed by atoms with van der Waals surface area (Å²) in [5.41, 5.74) is 4.03. The van der Waals surface area contributed by atoms with Gasteiger partial charge in [-0.2, -0.15) is 5.10 Å². The Morgan fingerprint density at radius 1 is 1.00 bits per heavy atom. The second kappa shape index (κ2) is 4.13. The lowest BCUT2D eigenvalue weighted by Crippen LogP contribution is -1.81. The van der Waals surface area contributed by atoms with E-state index in [0.29, 0.717) is 0 Å². The van der Waals surface area contributed by atoms with E-state index in [0.717, 1.165) is 33.6 Å². The summed E-state index contributed by atoms with van der Waals surface area (Å²) < 4.78 is 5.23. The summed E-state index contributed by atoms with van der Waals surface area (Å²) in [6, 6.07) is 16.3. The molecule has 2 N–H and O–H groups in total. The SMILES string of the molecule is COc1ccc2c(-c3cc4ccccc4[nH]3)n[nH]c2c1. The Kier molecular flexibility index (Phi) is 2.29. The third-order valence-electron chi connectivity index (χ3n) is 3.56. The molecule has 0 amide bonds. The highest BCUT2D eigenvalue weighted by atomic mass is 16.5. The Labute approximate surface area is 115 Å². The van der Waals surface area contributed by atoms with Crippen LogP contribution in [0.2, 0.25) is 0 Å². The maximum atomic E-state index is 5.23. The molecule has 2 heterocycles. The molecule has 0 spiro atoms. The predicted octanol–water partition coefficient (Wildman–Crippen LogP) is 3.72. The van der Waals surface area contributed by atoms with Crippen molar-refractivity contribution in [3.8, 4) is 17.1 Å². The molecular formula is C16H13N3O. The van der Waals surface area contributed by atoms with Gasteiger partial charge in [0, 0.05) is 22.4 Å². The van der Waals surface area contributed by atoms with Crippen LogP contribution in [0.1, 0.15) is 0 Å². The molecule has 0 atom stereocenters. The van der Waals surface area contributed by atoms with Crippen molar-refractivity contribution in [3.63, 3.8) is 0 Å². The Hall–Kier alpha value is -2.75. The summed E-state index contributed by atoms with van der Waals surface area (Å²) in [6.07, 6.45) is 0. The molecule has 0 bridgehead atoms. The molecule has 4 rings (SSSR count). The topological polar surface area (TPSA) is 53.7 Å². The average Bonchev–Trinajstić information content (AvgIpc) is 3.09. The lowest BCUT2D eigenvalue weighted by molar-refractivity contribution is 0.415. The van der Waals surface area contributed by atoms with Crippen molar-refractivity contribution < 1.29 is 4.74 Å². The number of benzene rings is 2. The summed E-state index contributed by atoms with van der Waals surface area (Å²) in [4.78, 5) is 3.40. The normalized spacial score (nSPS) is 11.2. The number of hydrogen-bond donors (Lipinski definition) is 2. The molecule has 4 heteroatoms. The minimum absolute atomic E-state index is 0.823. The van der Waals surface area contributed by atoms with Gasteiger partial charge in [-0.15, -0.1) is 0 Å². The number of methoxy groups -OCH3 is 1. The molecule has 0 radical (unpaired) electrons. The van der Waals surface area contributed by atoms with Crippen LogP contribution < -0.4 is 4.74 Å². The van der Waals surface area contributed by atoms with E-state index in [1.54, 1.807) is 7.11 Å². The van der Waals surface area contributed by atoms with Crippen LogP contribution in [0.5, 0.6) is 5.75 Å². The van der Waals surface area contributed by atoms with Gasteiger partial charge in [-0.3, -0.25) is 5.10 Å². The molecule has 0 fully saturated rings. The molecule has 2 aromatic heterocycles. The zero-order valence-corrected chi connectivity index (χ0v) is 11.0. The van der Waals surface area contributed by atoms with Crippen LogP contribution in [0.4, 0.5) is 0 Å². The van der Waals surface area contributed by atoms with Crippen molar-refractivity contribution in [2.45, 2.75) is 0 Å². The summed E-state index contributed by atoms with van der Waals surface area (Å²) in [5.74, 6) is 0.823. The third-order valence-corrected chi connectivity index (χ3v) is 3.56. The predicted molar refractivity (Wildman–Crippen MR) is 79.9 cm³/mol. The van der Waals surface area contributed by atoms with Gasteiger partial charge in [-0.05, 0) is 24.3 Å². The molecule has 4 aromatic rings. The molecule has 0 aliphatic carbocycles. The number of aromatic amines is 2. The van der Waals surface area contributed by atoms with Crippen LogP contribution in [0.25, 0.3) is 33.2 Å². The number of aromatic nitrogens is 3. The fourth-order valence-electron chi connectivity index (χ4n) is 2.53. The molecule has 20 heavy (non-hydrogen) atoms. The van der Waals surface area contributed by atoms with Gasteiger partial charge in [0.1, 0.15) is 11.4 Å². The number of ether oxygens (including phenoxy) is 1. The van der Waals surface area contributed by atoms with E-state index in [-0.39, 0.29) is 0 Å². The van der Waals surface area contributed by atoms with E-state index in [1.165, 1.54) is 5.39 Å². The molecule has 0 unspecified atom stereocenters. The molecule has 0 saturated heterocycles. The van der Waals surface area contributed by atoms with Crippen molar-refractivity contribution in [2.75, 3.05) is 7.11 Å². The van der Waals surface area contributed by atoms with Crippen LogP contribution in [-0.2, 0) is 0 Å². The Morgan fingerprint density at radius 3 is 2.75 bits per heavy atom. The van der Waals surface area contributed by atoms with Gasteiger partial charge in [-0.25, -0.2) is 0 Å². The molecule has 0 aliphatic heterocycles. The summed E-state index contributed by atoms with van der Waals surface area (Å²) in [6.45, 7) is 0. The summed E-state index contributed by atoms with van der Waals surface area (Å²) in [7, 11) is 1.66. The summed E-state index contributed by atoms with van der Waals surface area (Å²) in [5, 5.41) is 9.75. The van der Waals surface area contributed by atoms with Crippen LogP contribution in [0.3, 0.4) is 0 Å². The number of rotatable bonds is 2. The highest BCUT2D eigenvalue weighted by Gasteiger charge is 2.11. The highest BCUT2D eigenvalue weighted by molar-refractivity contribution is 5.96. The second-order valence-electron chi connectivity index (χ2n) is 4.75. The maximum absolute atomic E-state index is 5.23. The van der Waals surface area contributed by atoms with Gasteiger partial charge < -0.3 is 9.72 Å². The number of fused-ring (bicyclic) bond motifs is 2. The van der Waals surface area contributed by atoms with E-state index in [9.17, 15) is 0 Å². The maximum Gasteiger partial charge on any atom is 0.121 e. The number of para-hydroxylation sites is 1. The van der Waals surface area contributed by atoms with Crippen LogP contribution in [-0.4, -0.2) is 22.3 Å². The van der Waals surface area contributed by atoms with Crippen molar-refractivity contribution in [1.82, 2.24) is 15.2 Å². The average molecular weight is 263 g/mol. The number of H-pyrrole nitrogens is 2. The number of hydrogen-bond acceptors (Lipinski definition) is 2. The standard InChI is InChI=1S/C16H13N3O/c1-20-11-6-7-12-14(9-11)18-19-16(12)15-8-10-4-2-3-5-13(10)17-15/h2-9,17H,1H3,(H,18,19). The van der Waals surface area contributed by atoms with Crippen LogP contribution in [0.15, 0.2) is 48.5 Å². The van der Waals surface area contributed by atoms with Crippen LogP contribution in [0, 0.1) is 0 Å². The largest absolute Gasteiger partial charge is 0.497 e. The Balaban J connectivity index is 1.93. The molecule has 2 aromatic carbocycles. The lowest BCUT2D eigenvalue weighted by atomic mass is 10.1. The fraction of sp³-hybridized carbons (Fsp3) is 0.0625. The molecule has 0 aliphatic rings. The van der Waals surface area contributed by atoms with E-state index in [1.807, 2.05) is 30.3 Å². The minimum Gasteiger partial charge on any atom is -0.497 e. The molecule has 98 valence electrons. The van der Waals surface area contributed by atoms with Gasteiger partial charge in [0.25, 0.3) is 0 Å². The summed E-state index contributed by atoms with van der Waals surface area (Å²) >= 11 is 0. The van der Waals surface area contributed by atoms with Gasteiger partial charge in [0.2, 0.25) is 0 Å². The zero-order valence-electron chi connectivity index (χ0n) is 11.0. The monoisotopic (exact) mass is 263 g/mol. The molecule has 4 nitrogen and oxygen atoms in total. The lowest BCUT2D eigenvalue weighted by Gasteiger charge is -1.98. The van der Waals surface area contributed by atoms with Gasteiger partial charge in [-0.1, -0.05) is 18.2 Å². The van der Waals surface area contributed by atoms with Gasteiger partial charge in [0.05, 0.1) is 18.3 Å². The number of nitrogens with one attached hydrogen (secondary N) is 2. The van der Waals surface area contributed by atoms with Crippen LogP contribution >= 0.6 is 0 Å². The number of nitrogens with zero attached hydrogens (tertiary/aromatic N) is 1. The Bertz CT molecular complexity index is 871. The zero-order chi connectivity index (χ0) is 13.5. The second-order valence-corrected chi connectivity index (χ2v) is 4.75. The first kappa shape index (κ1) is 11.1. The molecule has 0 saturated carbocycles. The van der Waals surface area contributed by atoms with Crippen molar-refractivity contribution in [2.24, 2.45) is 0 Å². The third kappa shape index (κ3) is 1.58. The smallest absolute Gasteiger partial charge is 0.121 e. The Morgan fingerprint density at radius 2 is 1.90 bits per heavy atom. The van der Waals surface area contributed by atoms with Crippen molar-refractivity contribution >= 4 is 21.8 Å². The van der Waals surface area contributed by atoms with E-state index in [2.05, 4.69) is 33.4 Å². The minimum atomic E-state index is 0.823. The first-order valence-electron chi connectivity index (χ1n) is 6.45. The quantitative estimate of drug-likeness (QED) is 0.579. The van der Waals surface area contributed by atoms with E-state index < -0.39 is 0 Å². The first-order valence-corrected chi connectivity index (χ1v) is 6.45. The van der Waals surface area contributed by atoms with Gasteiger partial charge >= 0.3 is 0 Å². The van der Waals surface area contributed by atoms with Crippen molar-refractivity contribution in [1.29, 1.82) is 0 Å². The van der Waals surface area contributed by atoms with Gasteiger partial charge in [0.15, 0.2) is 0 Å². The van der Waals surface area contributed by atoms with Crippen molar-refractivity contribution in [3.05, 3.63) is 48.5 Å². The van der Waals surface area contributed by atoms with E-state index >= 15 is 0 Å². The molecular weight excluding hydrogens is 250 g/mol.